The fourth-order valence-electron chi connectivity index (χ4n) is 2.35. The lowest BCUT2D eigenvalue weighted by Crippen LogP contribution is -2.47. The second-order valence-electron chi connectivity index (χ2n) is 6.13. The van der Waals surface area contributed by atoms with Crippen LogP contribution in [0, 0.1) is 11.8 Å². The molecule has 8 heteroatoms. The number of alkyl halides is 3. The van der Waals surface area contributed by atoms with Crippen molar-refractivity contribution in [2.45, 2.75) is 39.3 Å². The van der Waals surface area contributed by atoms with Crippen molar-refractivity contribution in [1.82, 2.24) is 15.5 Å². The molecular weight excluding hydrogens is 299 g/mol. The highest BCUT2D eigenvalue weighted by Gasteiger charge is 2.29. The fourth-order valence-corrected chi connectivity index (χ4v) is 2.35. The monoisotopic (exact) mass is 323 g/mol. The van der Waals surface area contributed by atoms with Crippen molar-refractivity contribution in [2.75, 3.05) is 26.2 Å². The molecule has 1 fully saturated rings. The molecule has 1 unspecified atom stereocenters. The summed E-state index contributed by atoms with van der Waals surface area (Å²) in [4.78, 5) is 25.1. The number of nitrogens with one attached hydrogen (secondary N) is 2. The summed E-state index contributed by atoms with van der Waals surface area (Å²) in [5, 5.41) is 4.68. The van der Waals surface area contributed by atoms with Crippen LogP contribution in [0.4, 0.5) is 18.0 Å². The Bertz CT molecular complexity index is 386. The summed E-state index contributed by atoms with van der Waals surface area (Å²) in [6.45, 7) is 4.27. The Kier molecular flexibility index (Phi) is 6.96. The minimum atomic E-state index is -4.40. The van der Waals surface area contributed by atoms with Crippen LogP contribution in [0.2, 0.25) is 0 Å². The molecule has 2 N–H and O–H groups in total. The van der Waals surface area contributed by atoms with Crippen LogP contribution in [0.1, 0.15) is 33.1 Å². The van der Waals surface area contributed by atoms with Crippen LogP contribution in [0.3, 0.4) is 0 Å². The van der Waals surface area contributed by atoms with E-state index in [0.717, 1.165) is 12.8 Å². The SMILES string of the molecule is CC(C)CNC(=O)N1CCCC(CC(=O)NCC(F)(F)F)C1. The van der Waals surface area contributed by atoms with Gasteiger partial charge in [-0.25, -0.2) is 4.79 Å². The molecule has 1 saturated heterocycles. The van der Waals surface area contributed by atoms with Crippen LogP contribution in [0.25, 0.3) is 0 Å². The van der Waals surface area contributed by atoms with E-state index in [1.165, 1.54) is 0 Å². The van der Waals surface area contributed by atoms with Crippen LogP contribution >= 0.6 is 0 Å². The van der Waals surface area contributed by atoms with Crippen LogP contribution in [-0.4, -0.2) is 49.2 Å². The number of nitrogens with zero attached hydrogens (tertiary/aromatic N) is 1. The van der Waals surface area contributed by atoms with Gasteiger partial charge in [0.15, 0.2) is 0 Å². The summed E-state index contributed by atoms with van der Waals surface area (Å²) in [5.41, 5.74) is 0. The van der Waals surface area contributed by atoms with Gasteiger partial charge in [-0.1, -0.05) is 13.8 Å². The Morgan fingerprint density at radius 3 is 2.55 bits per heavy atom. The molecular formula is C14H24F3N3O2. The predicted molar refractivity (Wildman–Crippen MR) is 76.2 cm³/mol. The number of halogens is 3. The van der Waals surface area contributed by atoms with Gasteiger partial charge in [-0.2, -0.15) is 13.2 Å². The fraction of sp³-hybridized carbons (Fsp3) is 0.857. The third-order valence-corrected chi connectivity index (χ3v) is 3.43. The van der Waals surface area contributed by atoms with E-state index in [9.17, 15) is 22.8 Å². The number of hydrogen-bond donors (Lipinski definition) is 2. The molecule has 0 radical (unpaired) electrons. The molecule has 0 aliphatic carbocycles. The number of carbonyl (C=O) groups excluding carboxylic acids is 2. The Morgan fingerprint density at radius 1 is 1.27 bits per heavy atom. The average Bonchev–Trinajstić information content (AvgIpc) is 2.42. The molecule has 3 amide bonds. The van der Waals surface area contributed by atoms with Crippen LogP contribution < -0.4 is 10.6 Å². The maximum atomic E-state index is 12.0. The molecule has 128 valence electrons. The van der Waals surface area contributed by atoms with Crippen LogP contribution in [-0.2, 0) is 4.79 Å². The highest BCUT2D eigenvalue weighted by molar-refractivity contribution is 5.77. The lowest BCUT2D eigenvalue weighted by Gasteiger charge is -2.32. The Hall–Kier alpha value is -1.47. The Balaban J connectivity index is 2.36. The molecule has 1 atom stereocenters. The zero-order chi connectivity index (χ0) is 16.8. The third-order valence-electron chi connectivity index (χ3n) is 3.43. The first-order chi connectivity index (χ1) is 10.2. The predicted octanol–water partition coefficient (Wildman–Crippen LogP) is 2.13. The van der Waals surface area contributed by atoms with E-state index in [2.05, 4.69) is 5.32 Å². The van der Waals surface area contributed by atoms with Crippen molar-refractivity contribution in [1.29, 1.82) is 0 Å². The van der Waals surface area contributed by atoms with Gasteiger partial charge in [0, 0.05) is 26.1 Å². The molecule has 1 rings (SSSR count). The highest BCUT2D eigenvalue weighted by Crippen LogP contribution is 2.20. The van der Waals surface area contributed by atoms with E-state index in [-0.39, 0.29) is 18.4 Å². The van der Waals surface area contributed by atoms with E-state index >= 15 is 0 Å². The molecule has 22 heavy (non-hydrogen) atoms. The minimum Gasteiger partial charge on any atom is -0.347 e. The van der Waals surface area contributed by atoms with E-state index in [0.29, 0.717) is 25.6 Å². The normalized spacial score (nSPS) is 19.2. The largest absolute Gasteiger partial charge is 0.405 e. The molecule has 0 aromatic rings. The number of rotatable bonds is 5. The number of amides is 3. The molecule has 0 spiro atoms. The van der Waals surface area contributed by atoms with Crippen molar-refractivity contribution >= 4 is 11.9 Å². The Morgan fingerprint density at radius 2 is 1.95 bits per heavy atom. The first-order valence-electron chi connectivity index (χ1n) is 7.53. The van der Waals surface area contributed by atoms with E-state index in [1.54, 1.807) is 4.90 Å². The van der Waals surface area contributed by atoms with Gasteiger partial charge in [-0.05, 0) is 24.7 Å². The molecule has 0 aromatic carbocycles. The van der Waals surface area contributed by atoms with E-state index < -0.39 is 18.6 Å². The summed E-state index contributed by atoms with van der Waals surface area (Å²) in [5.74, 6) is -0.365. The minimum absolute atomic E-state index is 0.0179. The zero-order valence-electron chi connectivity index (χ0n) is 13.0. The summed E-state index contributed by atoms with van der Waals surface area (Å²) in [7, 11) is 0. The maximum Gasteiger partial charge on any atom is 0.405 e. The number of urea groups is 1. The van der Waals surface area contributed by atoms with Crippen molar-refractivity contribution in [3.63, 3.8) is 0 Å². The van der Waals surface area contributed by atoms with Gasteiger partial charge in [-0.15, -0.1) is 0 Å². The standard InChI is InChI=1S/C14H24F3N3O2/c1-10(2)7-18-13(22)20-5-3-4-11(8-20)6-12(21)19-9-14(15,16)17/h10-11H,3-9H2,1-2H3,(H,18,22)(H,19,21). The van der Waals surface area contributed by atoms with Crippen molar-refractivity contribution in [3.8, 4) is 0 Å². The van der Waals surface area contributed by atoms with Gasteiger partial charge in [0.25, 0.3) is 0 Å². The number of piperidine rings is 1. The summed E-state index contributed by atoms with van der Waals surface area (Å²) in [6, 6.07) is -0.172. The number of likely N-dealkylation sites (tertiary alicyclic amines) is 1. The van der Waals surface area contributed by atoms with Gasteiger partial charge in [0.2, 0.25) is 5.91 Å². The second-order valence-corrected chi connectivity index (χ2v) is 6.13. The maximum absolute atomic E-state index is 12.0. The molecule has 0 saturated carbocycles. The second kappa shape index (κ2) is 8.24. The van der Waals surface area contributed by atoms with Crippen molar-refractivity contribution < 1.29 is 22.8 Å². The summed E-state index contributed by atoms with van der Waals surface area (Å²) in [6.07, 6.45) is -2.88. The van der Waals surface area contributed by atoms with E-state index in [4.69, 9.17) is 0 Å². The molecule has 1 heterocycles. The first-order valence-corrected chi connectivity index (χ1v) is 7.53. The lowest BCUT2D eigenvalue weighted by molar-refractivity contribution is -0.139. The first kappa shape index (κ1) is 18.6. The van der Waals surface area contributed by atoms with Gasteiger partial charge in [0.05, 0.1) is 0 Å². The van der Waals surface area contributed by atoms with Gasteiger partial charge >= 0.3 is 12.2 Å². The summed E-state index contributed by atoms with van der Waals surface area (Å²) < 4.78 is 36.1. The number of hydrogen-bond acceptors (Lipinski definition) is 2. The highest BCUT2D eigenvalue weighted by atomic mass is 19.4. The lowest BCUT2D eigenvalue weighted by atomic mass is 9.94. The Labute approximate surface area is 128 Å². The molecule has 5 nitrogen and oxygen atoms in total. The van der Waals surface area contributed by atoms with Gasteiger partial charge in [0.1, 0.15) is 6.54 Å². The molecule has 1 aliphatic heterocycles. The van der Waals surface area contributed by atoms with Crippen LogP contribution in [0.5, 0.6) is 0 Å². The quantitative estimate of drug-likeness (QED) is 0.814. The van der Waals surface area contributed by atoms with Gasteiger partial charge in [-0.3, -0.25) is 4.79 Å². The molecule has 0 aromatic heterocycles. The number of carbonyl (C=O) groups is 2. The third kappa shape index (κ3) is 7.51. The molecule has 0 bridgehead atoms. The van der Waals surface area contributed by atoms with Crippen molar-refractivity contribution in [2.24, 2.45) is 11.8 Å². The smallest absolute Gasteiger partial charge is 0.347 e. The topological polar surface area (TPSA) is 61.4 Å². The summed E-state index contributed by atoms with van der Waals surface area (Å²) >= 11 is 0. The van der Waals surface area contributed by atoms with Crippen molar-refractivity contribution in [3.05, 3.63) is 0 Å². The van der Waals surface area contributed by atoms with E-state index in [1.807, 2.05) is 19.2 Å². The van der Waals surface area contributed by atoms with Crippen LogP contribution in [0.15, 0.2) is 0 Å². The molecule has 1 aliphatic rings. The zero-order valence-corrected chi connectivity index (χ0v) is 13.0. The van der Waals surface area contributed by atoms with Gasteiger partial charge < -0.3 is 15.5 Å². The average molecular weight is 323 g/mol.